The predicted molar refractivity (Wildman–Crippen MR) is 76.7 cm³/mol. The highest BCUT2D eigenvalue weighted by molar-refractivity contribution is 6.29. The maximum atomic E-state index is 12.3. The summed E-state index contributed by atoms with van der Waals surface area (Å²) < 4.78 is 5.79. The van der Waals surface area contributed by atoms with Gasteiger partial charge in [-0.05, 0) is 29.5 Å². The van der Waals surface area contributed by atoms with Crippen LogP contribution in [-0.4, -0.2) is 5.78 Å². The van der Waals surface area contributed by atoms with Crippen molar-refractivity contribution >= 4 is 22.3 Å². The molecule has 0 atom stereocenters. The Bertz CT molecular complexity index is 681. The van der Waals surface area contributed by atoms with Crippen LogP contribution in [0.15, 0.2) is 53.0 Å². The standard InChI is InChI=1S/C17H16O2/c1-11-9-17(2,3)10-13(16(11)18)15-8-12-6-4-5-7-14(12)19-15/h4-8,10H,1,9H2,2-3H3. The SMILES string of the molecule is C=C1CC(C)(C)C=C(c2cc3ccccc3o2)C1=O. The Morgan fingerprint density at radius 3 is 2.74 bits per heavy atom. The number of para-hydroxylation sites is 1. The Morgan fingerprint density at radius 2 is 2.00 bits per heavy atom. The third-order valence-corrected chi connectivity index (χ3v) is 3.46. The van der Waals surface area contributed by atoms with Gasteiger partial charge in [-0.15, -0.1) is 0 Å². The van der Waals surface area contributed by atoms with E-state index in [4.69, 9.17) is 4.42 Å². The first-order chi connectivity index (χ1) is 8.96. The smallest absolute Gasteiger partial charge is 0.191 e. The second-order valence-corrected chi connectivity index (χ2v) is 5.80. The summed E-state index contributed by atoms with van der Waals surface area (Å²) in [5.74, 6) is 0.638. The molecule has 1 heterocycles. The first-order valence-electron chi connectivity index (χ1n) is 6.41. The van der Waals surface area contributed by atoms with Crippen molar-refractivity contribution in [2.24, 2.45) is 5.41 Å². The fourth-order valence-electron chi connectivity index (χ4n) is 2.63. The van der Waals surface area contributed by atoms with Crippen LogP contribution in [0.1, 0.15) is 26.0 Å². The molecule has 0 N–H and O–H groups in total. The Labute approximate surface area is 112 Å². The molecule has 0 saturated carbocycles. The van der Waals surface area contributed by atoms with Crippen LogP contribution in [-0.2, 0) is 4.79 Å². The number of rotatable bonds is 1. The maximum Gasteiger partial charge on any atom is 0.191 e. The minimum absolute atomic E-state index is 0.00150. The monoisotopic (exact) mass is 252 g/mol. The predicted octanol–water partition coefficient (Wildman–Crippen LogP) is 4.37. The highest BCUT2D eigenvalue weighted by Crippen LogP contribution is 2.38. The number of ketones is 1. The van der Waals surface area contributed by atoms with Crippen molar-refractivity contribution in [3.63, 3.8) is 0 Å². The molecule has 0 saturated heterocycles. The van der Waals surface area contributed by atoms with Crippen LogP contribution in [0.4, 0.5) is 0 Å². The second kappa shape index (κ2) is 3.95. The number of hydrogen-bond acceptors (Lipinski definition) is 2. The van der Waals surface area contributed by atoms with Crippen molar-refractivity contribution in [2.75, 3.05) is 0 Å². The first kappa shape index (κ1) is 12.0. The van der Waals surface area contributed by atoms with E-state index in [-0.39, 0.29) is 11.2 Å². The molecule has 0 radical (unpaired) electrons. The van der Waals surface area contributed by atoms with Crippen molar-refractivity contribution in [1.82, 2.24) is 0 Å². The third-order valence-electron chi connectivity index (χ3n) is 3.46. The van der Waals surface area contributed by atoms with Gasteiger partial charge >= 0.3 is 0 Å². The molecule has 1 aliphatic rings. The largest absolute Gasteiger partial charge is 0.456 e. The van der Waals surface area contributed by atoms with E-state index in [1.54, 1.807) is 0 Å². The third kappa shape index (κ3) is 2.03. The van der Waals surface area contributed by atoms with Gasteiger partial charge in [0.25, 0.3) is 0 Å². The van der Waals surface area contributed by atoms with Crippen LogP contribution < -0.4 is 0 Å². The number of furan rings is 1. The Hall–Kier alpha value is -2.09. The number of benzene rings is 1. The molecule has 96 valence electrons. The van der Waals surface area contributed by atoms with Gasteiger partial charge in [0.2, 0.25) is 0 Å². The molecule has 1 aromatic carbocycles. The first-order valence-corrected chi connectivity index (χ1v) is 6.41. The van der Waals surface area contributed by atoms with E-state index < -0.39 is 0 Å². The van der Waals surface area contributed by atoms with E-state index in [1.807, 2.05) is 36.4 Å². The van der Waals surface area contributed by atoms with Gasteiger partial charge in [0, 0.05) is 5.39 Å². The lowest BCUT2D eigenvalue weighted by molar-refractivity contribution is -0.111. The van der Waals surface area contributed by atoms with E-state index in [9.17, 15) is 4.79 Å². The molecule has 3 rings (SSSR count). The lowest BCUT2D eigenvalue weighted by Gasteiger charge is -2.27. The fraction of sp³-hybridized carbons (Fsp3) is 0.235. The normalized spacial score (nSPS) is 18.7. The molecule has 0 aliphatic heterocycles. The molecule has 2 nitrogen and oxygen atoms in total. The van der Waals surface area contributed by atoms with Crippen molar-refractivity contribution < 1.29 is 9.21 Å². The van der Waals surface area contributed by atoms with E-state index in [1.165, 1.54) is 0 Å². The van der Waals surface area contributed by atoms with Crippen LogP contribution in [0.3, 0.4) is 0 Å². The summed E-state index contributed by atoms with van der Waals surface area (Å²) in [6.07, 6.45) is 2.71. The molecule has 1 aliphatic carbocycles. The molecule has 0 amide bonds. The topological polar surface area (TPSA) is 30.2 Å². The van der Waals surface area contributed by atoms with Gasteiger partial charge in [-0.1, -0.05) is 44.7 Å². The maximum absolute atomic E-state index is 12.3. The zero-order chi connectivity index (χ0) is 13.6. The number of hydrogen-bond donors (Lipinski definition) is 0. The van der Waals surface area contributed by atoms with Gasteiger partial charge in [-0.2, -0.15) is 0 Å². The number of carbonyl (C=O) groups is 1. The van der Waals surface area contributed by atoms with Crippen molar-refractivity contribution in [1.29, 1.82) is 0 Å². The average Bonchev–Trinajstić information content (AvgIpc) is 2.76. The molecule has 0 spiro atoms. The summed E-state index contributed by atoms with van der Waals surface area (Å²) in [6.45, 7) is 8.10. The van der Waals surface area contributed by atoms with Crippen LogP contribution in [0.5, 0.6) is 0 Å². The van der Waals surface area contributed by atoms with Gasteiger partial charge in [0.05, 0.1) is 5.57 Å². The number of fused-ring (bicyclic) bond motifs is 1. The highest BCUT2D eigenvalue weighted by atomic mass is 16.3. The average molecular weight is 252 g/mol. The number of carbonyl (C=O) groups excluding carboxylic acids is 1. The molecular weight excluding hydrogens is 236 g/mol. The quantitative estimate of drug-likeness (QED) is 0.705. The van der Waals surface area contributed by atoms with Crippen molar-refractivity contribution in [3.05, 3.63) is 54.3 Å². The summed E-state index contributed by atoms with van der Waals surface area (Å²) in [5.41, 5.74) is 2.04. The Morgan fingerprint density at radius 1 is 1.26 bits per heavy atom. The molecule has 0 fully saturated rings. The Kier molecular flexibility index (Phi) is 2.49. The molecular formula is C17H16O2. The molecule has 2 aromatic rings. The summed E-state index contributed by atoms with van der Waals surface area (Å²) in [4.78, 5) is 12.3. The van der Waals surface area contributed by atoms with E-state index in [0.29, 0.717) is 23.3 Å². The Balaban J connectivity index is 2.16. The van der Waals surface area contributed by atoms with Gasteiger partial charge in [0.1, 0.15) is 11.3 Å². The highest BCUT2D eigenvalue weighted by Gasteiger charge is 2.31. The molecule has 0 unspecified atom stereocenters. The summed E-state index contributed by atoms with van der Waals surface area (Å²) in [6, 6.07) is 9.70. The van der Waals surface area contributed by atoms with Crippen molar-refractivity contribution in [3.8, 4) is 0 Å². The number of allylic oxidation sites excluding steroid dienone is 3. The zero-order valence-corrected chi connectivity index (χ0v) is 11.2. The van der Waals surface area contributed by atoms with E-state index in [2.05, 4.69) is 20.4 Å². The summed E-state index contributed by atoms with van der Waals surface area (Å²) in [7, 11) is 0. The van der Waals surface area contributed by atoms with Crippen LogP contribution in [0.25, 0.3) is 16.5 Å². The van der Waals surface area contributed by atoms with E-state index >= 15 is 0 Å². The molecule has 0 bridgehead atoms. The minimum Gasteiger partial charge on any atom is -0.456 e. The fourth-order valence-corrected chi connectivity index (χ4v) is 2.63. The second-order valence-electron chi connectivity index (χ2n) is 5.80. The molecule has 19 heavy (non-hydrogen) atoms. The van der Waals surface area contributed by atoms with Gasteiger partial charge in [-0.3, -0.25) is 4.79 Å². The lowest BCUT2D eigenvalue weighted by atomic mass is 9.76. The minimum atomic E-state index is -0.0562. The van der Waals surface area contributed by atoms with Crippen LogP contribution in [0, 0.1) is 5.41 Å². The van der Waals surface area contributed by atoms with Crippen LogP contribution in [0.2, 0.25) is 0 Å². The summed E-state index contributed by atoms with van der Waals surface area (Å²) in [5, 5.41) is 1.01. The molecule has 2 heteroatoms. The molecule has 1 aromatic heterocycles. The van der Waals surface area contributed by atoms with Gasteiger partial charge in [0.15, 0.2) is 5.78 Å². The number of Topliss-reactive ketones (excluding diaryl/α,β-unsaturated/α-hetero) is 1. The van der Waals surface area contributed by atoms with Gasteiger partial charge in [-0.25, -0.2) is 0 Å². The summed E-state index contributed by atoms with van der Waals surface area (Å²) >= 11 is 0. The van der Waals surface area contributed by atoms with Gasteiger partial charge < -0.3 is 4.42 Å². The van der Waals surface area contributed by atoms with E-state index in [0.717, 1.165) is 11.0 Å². The lowest BCUT2D eigenvalue weighted by Crippen LogP contribution is -2.21. The van der Waals surface area contributed by atoms with Crippen molar-refractivity contribution in [2.45, 2.75) is 20.3 Å². The zero-order valence-electron chi connectivity index (χ0n) is 11.2. The van der Waals surface area contributed by atoms with Crippen LogP contribution >= 0.6 is 0 Å².